The van der Waals surface area contributed by atoms with Crippen molar-refractivity contribution in [2.75, 3.05) is 20.7 Å². The number of nitrogens with zero attached hydrogens (tertiary/aromatic N) is 3. The van der Waals surface area contributed by atoms with Gasteiger partial charge in [0.2, 0.25) is 5.91 Å². The molecule has 3 amide bonds. The second-order valence-corrected chi connectivity index (χ2v) is 11.0. The predicted molar refractivity (Wildman–Crippen MR) is 146 cm³/mol. The largest absolute Gasteiger partial charge is 0.497 e. The molecule has 2 saturated heterocycles. The van der Waals surface area contributed by atoms with Gasteiger partial charge < -0.3 is 15.0 Å². The summed E-state index contributed by atoms with van der Waals surface area (Å²) < 4.78 is 5.22. The summed E-state index contributed by atoms with van der Waals surface area (Å²) in [6.07, 6.45) is 1.19. The van der Waals surface area contributed by atoms with E-state index in [2.05, 4.69) is 38.2 Å². The van der Waals surface area contributed by atoms with E-state index in [-0.39, 0.29) is 42.0 Å². The molecular formula is C30H40N4O4. The van der Waals surface area contributed by atoms with Gasteiger partial charge in [-0.1, -0.05) is 63.2 Å². The van der Waals surface area contributed by atoms with Crippen molar-refractivity contribution >= 4 is 17.7 Å². The van der Waals surface area contributed by atoms with Gasteiger partial charge in [0.05, 0.1) is 19.7 Å². The van der Waals surface area contributed by atoms with E-state index in [9.17, 15) is 14.4 Å². The molecule has 2 aromatic carbocycles. The monoisotopic (exact) mass is 520 g/mol. The third kappa shape index (κ3) is 6.01. The van der Waals surface area contributed by atoms with Crippen LogP contribution >= 0.6 is 0 Å². The molecule has 38 heavy (non-hydrogen) atoms. The molecule has 2 fully saturated rings. The smallest absolute Gasteiger partial charge is 0.334 e. The number of likely N-dealkylation sites (N-methyl/N-ethyl adjacent to an activating group) is 1. The second kappa shape index (κ2) is 12.0. The van der Waals surface area contributed by atoms with Gasteiger partial charge in [-0.25, -0.2) is 14.8 Å². The maximum absolute atomic E-state index is 13.8. The summed E-state index contributed by atoms with van der Waals surface area (Å²) in [6.45, 7) is 6.68. The molecule has 2 unspecified atom stereocenters. The molecule has 4 atom stereocenters. The van der Waals surface area contributed by atoms with Crippen molar-refractivity contribution in [2.45, 2.75) is 64.7 Å². The average Bonchev–Trinajstić information content (AvgIpc) is 2.90. The average molecular weight is 521 g/mol. The number of piperidine rings is 1. The maximum atomic E-state index is 13.8. The Morgan fingerprint density at radius 3 is 2.34 bits per heavy atom. The Labute approximate surface area is 225 Å². The number of fused-ring (bicyclic) bond motifs is 1. The summed E-state index contributed by atoms with van der Waals surface area (Å²) >= 11 is 0. The fourth-order valence-corrected chi connectivity index (χ4v) is 5.77. The standard InChI is InChI=1S/C30H40N4O4/c1-20(2)15-26-29(36)24(16-21(3)23-9-7-6-8-10-23)17-27-33(26)28(35)19-32(4)34(27)30(37)31-18-22-11-13-25(38-5)14-12-22/h6-14,20-21,24,26-27H,15-19H2,1-5H3,(H,31,37)/t21?,24?,26-,27-/m0/s1. The molecule has 0 radical (unpaired) electrons. The van der Waals surface area contributed by atoms with Crippen LogP contribution in [0, 0.1) is 11.8 Å². The molecule has 2 aliphatic heterocycles. The molecule has 0 bridgehead atoms. The van der Waals surface area contributed by atoms with Gasteiger partial charge in [0.1, 0.15) is 11.9 Å². The molecule has 2 aromatic rings. The van der Waals surface area contributed by atoms with Crippen molar-refractivity contribution in [3.8, 4) is 5.75 Å². The van der Waals surface area contributed by atoms with Gasteiger partial charge >= 0.3 is 6.03 Å². The van der Waals surface area contributed by atoms with Crippen LogP contribution in [0.3, 0.4) is 0 Å². The van der Waals surface area contributed by atoms with Crippen molar-refractivity contribution < 1.29 is 19.1 Å². The lowest BCUT2D eigenvalue weighted by atomic mass is 9.77. The van der Waals surface area contributed by atoms with E-state index >= 15 is 0 Å². The van der Waals surface area contributed by atoms with E-state index in [0.717, 1.165) is 11.3 Å². The van der Waals surface area contributed by atoms with E-state index in [4.69, 9.17) is 4.74 Å². The number of carbonyl (C=O) groups excluding carboxylic acids is 3. The quantitative estimate of drug-likeness (QED) is 0.557. The zero-order chi connectivity index (χ0) is 27.4. The molecule has 1 N–H and O–H groups in total. The number of nitrogens with one attached hydrogen (secondary N) is 1. The van der Waals surface area contributed by atoms with Gasteiger partial charge in [0.15, 0.2) is 5.78 Å². The summed E-state index contributed by atoms with van der Waals surface area (Å²) in [5, 5.41) is 6.35. The van der Waals surface area contributed by atoms with Crippen LogP contribution in [0.4, 0.5) is 4.79 Å². The fourth-order valence-electron chi connectivity index (χ4n) is 5.77. The SMILES string of the molecule is COc1ccc(CNC(=O)N2[C@H]3CC(CC(C)c4ccccc4)C(=O)[C@H](CC(C)C)N3C(=O)CN2C)cc1. The predicted octanol–water partition coefficient (Wildman–Crippen LogP) is 4.42. The maximum Gasteiger partial charge on any atom is 0.334 e. The number of ether oxygens (including phenoxy) is 1. The van der Waals surface area contributed by atoms with Crippen LogP contribution in [-0.4, -0.2) is 65.5 Å². The highest BCUT2D eigenvalue weighted by Gasteiger charge is 2.51. The minimum atomic E-state index is -0.528. The number of benzene rings is 2. The summed E-state index contributed by atoms with van der Waals surface area (Å²) in [5.41, 5.74) is 2.13. The zero-order valence-electron chi connectivity index (χ0n) is 23.1. The lowest BCUT2D eigenvalue weighted by molar-refractivity contribution is -0.182. The lowest BCUT2D eigenvalue weighted by Gasteiger charge is -2.54. The number of hydrogen-bond acceptors (Lipinski definition) is 5. The Hall–Kier alpha value is -3.39. The van der Waals surface area contributed by atoms with E-state index in [1.165, 1.54) is 5.56 Å². The topological polar surface area (TPSA) is 82.2 Å². The van der Waals surface area contributed by atoms with Gasteiger partial charge in [-0.15, -0.1) is 0 Å². The Balaban J connectivity index is 1.57. The first-order chi connectivity index (χ1) is 18.2. The molecule has 2 heterocycles. The van der Waals surface area contributed by atoms with Crippen LogP contribution in [-0.2, 0) is 16.1 Å². The third-order valence-electron chi connectivity index (χ3n) is 7.70. The minimum absolute atomic E-state index is 0.0550. The zero-order valence-corrected chi connectivity index (χ0v) is 23.1. The molecule has 2 aliphatic rings. The molecule has 8 heteroatoms. The number of ketones is 1. The minimum Gasteiger partial charge on any atom is -0.497 e. The lowest BCUT2D eigenvalue weighted by Crippen LogP contribution is -2.72. The van der Waals surface area contributed by atoms with Crippen LogP contribution in [0.25, 0.3) is 0 Å². The van der Waals surface area contributed by atoms with Crippen molar-refractivity contribution in [1.82, 2.24) is 20.2 Å². The highest BCUT2D eigenvalue weighted by atomic mass is 16.5. The number of carbonyl (C=O) groups is 3. The van der Waals surface area contributed by atoms with Crippen LogP contribution in [0.15, 0.2) is 54.6 Å². The van der Waals surface area contributed by atoms with Crippen LogP contribution < -0.4 is 10.1 Å². The molecule has 8 nitrogen and oxygen atoms in total. The molecule has 0 aliphatic carbocycles. The number of urea groups is 1. The number of rotatable bonds is 8. The molecular weight excluding hydrogens is 480 g/mol. The molecule has 4 rings (SSSR count). The highest BCUT2D eigenvalue weighted by Crippen LogP contribution is 2.38. The van der Waals surface area contributed by atoms with E-state index < -0.39 is 12.2 Å². The van der Waals surface area contributed by atoms with E-state index in [1.807, 2.05) is 42.5 Å². The van der Waals surface area contributed by atoms with Crippen LogP contribution in [0.5, 0.6) is 5.75 Å². The van der Waals surface area contributed by atoms with Gasteiger partial charge in [0, 0.05) is 19.5 Å². The molecule has 0 aromatic heterocycles. The van der Waals surface area contributed by atoms with Gasteiger partial charge in [0.25, 0.3) is 0 Å². The first-order valence-electron chi connectivity index (χ1n) is 13.5. The van der Waals surface area contributed by atoms with Crippen LogP contribution in [0.2, 0.25) is 0 Å². The van der Waals surface area contributed by atoms with Crippen molar-refractivity contribution in [3.05, 3.63) is 65.7 Å². The number of hydrazine groups is 1. The number of amides is 3. The third-order valence-corrected chi connectivity index (χ3v) is 7.70. The summed E-state index contributed by atoms with van der Waals surface area (Å²) in [7, 11) is 3.38. The number of hydrogen-bond donors (Lipinski definition) is 1. The molecule has 0 spiro atoms. The van der Waals surface area contributed by atoms with E-state index in [1.54, 1.807) is 29.1 Å². The normalized spacial score (nSPS) is 22.8. The first kappa shape index (κ1) is 27.6. The first-order valence-corrected chi connectivity index (χ1v) is 13.5. The highest BCUT2D eigenvalue weighted by molar-refractivity contribution is 5.93. The van der Waals surface area contributed by atoms with Crippen molar-refractivity contribution in [2.24, 2.45) is 11.8 Å². The fraction of sp³-hybridized carbons (Fsp3) is 0.500. The summed E-state index contributed by atoms with van der Waals surface area (Å²) in [6, 6.07) is 16.9. The van der Waals surface area contributed by atoms with Gasteiger partial charge in [-0.05, 0) is 54.4 Å². The van der Waals surface area contributed by atoms with Gasteiger partial charge in [-0.2, -0.15) is 0 Å². The Morgan fingerprint density at radius 1 is 1.03 bits per heavy atom. The Morgan fingerprint density at radius 2 is 1.71 bits per heavy atom. The summed E-state index contributed by atoms with van der Waals surface area (Å²) in [4.78, 5) is 42.4. The second-order valence-electron chi connectivity index (χ2n) is 11.0. The molecule has 0 saturated carbocycles. The van der Waals surface area contributed by atoms with Crippen LogP contribution in [0.1, 0.15) is 57.1 Å². The van der Waals surface area contributed by atoms with Crippen molar-refractivity contribution in [1.29, 1.82) is 0 Å². The molecule has 204 valence electrons. The van der Waals surface area contributed by atoms with Crippen molar-refractivity contribution in [3.63, 3.8) is 0 Å². The number of Topliss-reactive ketones (excluding diaryl/α,β-unsaturated/α-hetero) is 1. The summed E-state index contributed by atoms with van der Waals surface area (Å²) in [5.74, 6) is 0.945. The van der Waals surface area contributed by atoms with Gasteiger partial charge in [-0.3, -0.25) is 9.59 Å². The van der Waals surface area contributed by atoms with E-state index in [0.29, 0.717) is 25.8 Å². The number of methoxy groups -OCH3 is 1. The Kier molecular flexibility index (Phi) is 8.72. The Bertz CT molecular complexity index is 1120.